The molecule has 1 aliphatic carbocycles. The van der Waals surface area contributed by atoms with Gasteiger partial charge in [0.25, 0.3) is 0 Å². The monoisotopic (exact) mass is 316 g/mol. The van der Waals surface area contributed by atoms with Gasteiger partial charge in [0.1, 0.15) is 5.75 Å². The number of ether oxygens (including phenoxy) is 1. The molecular weight excluding hydrogens is 288 g/mol. The Labute approximate surface area is 139 Å². The topological polar surface area (TPSA) is 32.8 Å². The Morgan fingerprint density at radius 3 is 2.78 bits per heavy atom. The fourth-order valence-electron chi connectivity index (χ4n) is 4.02. The number of carbonyl (C=O) groups is 1. The van der Waals surface area contributed by atoms with E-state index >= 15 is 0 Å². The third-order valence-electron chi connectivity index (χ3n) is 5.43. The lowest BCUT2D eigenvalue weighted by Crippen LogP contribution is -2.31. The van der Waals surface area contributed by atoms with Crippen molar-refractivity contribution in [3.63, 3.8) is 0 Å². The summed E-state index contributed by atoms with van der Waals surface area (Å²) in [6, 6.07) is 8.60. The van der Waals surface area contributed by atoms with E-state index in [1.807, 2.05) is 24.3 Å². The summed E-state index contributed by atoms with van der Waals surface area (Å²) in [5, 5.41) is 0. The molecule has 1 saturated heterocycles. The highest BCUT2D eigenvalue weighted by molar-refractivity contribution is 5.90. The van der Waals surface area contributed by atoms with Crippen molar-refractivity contribution in [1.29, 1.82) is 0 Å². The van der Waals surface area contributed by atoms with Gasteiger partial charge in [-0.2, -0.15) is 0 Å². The molecule has 4 nitrogen and oxygen atoms in total. The molecule has 0 radical (unpaired) electrons. The fourth-order valence-corrected chi connectivity index (χ4v) is 4.02. The molecule has 0 N–H and O–H groups in total. The van der Waals surface area contributed by atoms with Gasteiger partial charge in [-0.05, 0) is 62.4 Å². The highest BCUT2D eigenvalue weighted by Crippen LogP contribution is 2.37. The number of anilines is 1. The molecule has 126 valence electrons. The Balaban J connectivity index is 1.40. The van der Waals surface area contributed by atoms with E-state index in [9.17, 15) is 4.79 Å². The standard InChI is InChI=1S/C19H28N2O2/c1-15(22)20(2)17-7-9-18(10-8-17)23-14-4-12-21-13-11-16-5-3-6-19(16)21/h7-10,16,19H,3-6,11-14H2,1-2H3/t16-,19-/m1/s1. The van der Waals surface area contributed by atoms with E-state index in [2.05, 4.69) is 4.90 Å². The van der Waals surface area contributed by atoms with Crippen molar-refractivity contribution >= 4 is 11.6 Å². The van der Waals surface area contributed by atoms with Crippen LogP contribution in [0.4, 0.5) is 5.69 Å². The van der Waals surface area contributed by atoms with Crippen LogP contribution in [0.3, 0.4) is 0 Å². The Morgan fingerprint density at radius 1 is 1.26 bits per heavy atom. The largest absolute Gasteiger partial charge is 0.494 e. The Hall–Kier alpha value is -1.55. The molecule has 1 heterocycles. The maximum absolute atomic E-state index is 11.3. The lowest BCUT2D eigenvalue weighted by molar-refractivity contribution is -0.116. The summed E-state index contributed by atoms with van der Waals surface area (Å²) in [5.74, 6) is 1.89. The Morgan fingerprint density at radius 2 is 2.04 bits per heavy atom. The molecule has 0 spiro atoms. The Bertz CT molecular complexity index is 529. The van der Waals surface area contributed by atoms with Gasteiger partial charge in [-0.1, -0.05) is 6.42 Å². The second-order valence-electron chi connectivity index (χ2n) is 6.86. The summed E-state index contributed by atoms with van der Waals surface area (Å²) >= 11 is 0. The minimum absolute atomic E-state index is 0.0366. The van der Waals surface area contributed by atoms with E-state index in [1.54, 1.807) is 18.9 Å². The van der Waals surface area contributed by atoms with Gasteiger partial charge in [0.05, 0.1) is 6.61 Å². The quantitative estimate of drug-likeness (QED) is 0.755. The van der Waals surface area contributed by atoms with Crippen molar-refractivity contribution in [2.75, 3.05) is 31.6 Å². The summed E-state index contributed by atoms with van der Waals surface area (Å²) < 4.78 is 5.84. The highest BCUT2D eigenvalue weighted by Gasteiger charge is 2.36. The van der Waals surface area contributed by atoms with Gasteiger partial charge in [0.15, 0.2) is 0 Å². The zero-order valence-corrected chi connectivity index (χ0v) is 14.3. The van der Waals surface area contributed by atoms with Gasteiger partial charge in [-0.25, -0.2) is 0 Å². The van der Waals surface area contributed by atoms with Crippen LogP contribution in [0.5, 0.6) is 5.75 Å². The van der Waals surface area contributed by atoms with Crippen LogP contribution in [0, 0.1) is 5.92 Å². The van der Waals surface area contributed by atoms with Crippen molar-refractivity contribution in [3.8, 4) is 5.75 Å². The van der Waals surface area contributed by atoms with Crippen molar-refractivity contribution in [3.05, 3.63) is 24.3 Å². The first-order valence-electron chi connectivity index (χ1n) is 8.86. The molecule has 2 atom stereocenters. The first kappa shape index (κ1) is 16.3. The minimum atomic E-state index is 0.0366. The third kappa shape index (κ3) is 3.86. The average molecular weight is 316 g/mol. The zero-order chi connectivity index (χ0) is 16.2. The fraction of sp³-hybridized carbons (Fsp3) is 0.632. The lowest BCUT2D eigenvalue weighted by Gasteiger charge is -2.23. The van der Waals surface area contributed by atoms with Crippen LogP contribution in [0.1, 0.15) is 39.0 Å². The van der Waals surface area contributed by atoms with Crippen LogP contribution in [0.15, 0.2) is 24.3 Å². The first-order chi connectivity index (χ1) is 11.1. The number of hydrogen-bond donors (Lipinski definition) is 0. The molecule has 4 heteroatoms. The SMILES string of the molecule is CC(=O)N(C)c1ccc(OCCCN2CC[C@H]3CCC[C@H]32)cc1. The number of fused-ring (bicyclic) bond motifs is 1. The molecule has 1 amide bonds. The van der Waals surface area contributed by atoms with Crippen LogP contribution in [0.25, 0.3) is 0 Å². The normalized spacial score (nSPS) is 23.7. The maximum atomic E-state index is 11.3. The molecule has 23 heavy (non-hydrogen) atoms. The van der Waals surface area contributed by atoms with Gasteiger partial charge in [0.2, 0.25) is 5.91 Å². The van der Waals surface area contributed by atoms with Crippen LogP contribution in [-0.2, 0) is 4.79 Å². The van der Waals surface area contributed by atoms with Crippen molar-refractivity contribution in [2.45, 2.75) is 45.1 Å². The lowest BCUT2D eigenvalue weighted by atomic mass is 10.0. The van der Waals surface area contributed by atoms with Crippen molar-refractivity contribution in [1.82, 2.24) is 4.90 Å². The average Bonchev–Trinajstić information content (AvgIpc) is 3.15. The van der Waals surface area contributed by atoms with E-state index in [0.717, 1.165) is 43.0 Å². The van der Waals surface area contributed by atoms with E-state index in [1.165, 1.54) is 32.2 Å². The van der Waals surface area contributed by atoms with Gasteiger partial charge < -0.3 is 9.64 Å². The van der Waals surface area contributed by atoms with E-state index in [4.69, 9.17) is 4.74 Å². The maximum Gasteiger partial charge on any atom is 0.223 e. The van der Waals surface area contributed by atoms with Gasteiger partial charge in [-0.3, -0.25) is 9.69 Å². The molecule has 0 unspecified atom stereocenters. The predicted molar refractivity (Wildman–Crippen MR) is 93.0 cm³/mol. The molecule has 1 aromatic carbocycles. The highest BCUT2D eigenvalue weighted by atomic mass is 16.5. The minimum Gasteiger partial charge on any atom is -0.494 e. The Kier molecular flexibility index (Phi) is 5.21. The molecular formula is C19H28N2O2. The molecule has 0 aromatic heterocycles. The number of carbonyl (C=O) groups excluding carboxylic acids is 1. The van der Waals surface area contributed by atoms with Crippen molar-refractivity contribution in [2.24, 2.45) is 5.92 Å². The number of nitrogens with zero attached hydrogens (tertiary/aromatic N) is 2. The second kappa shape index (κ2) is 7.35. The predicted octanol–water partition coefficient (Wildman–Crippen LogP) is 3.31. The summed E-state index contributed by atoms with van der Waals surface area (Å²) in [5.41, 5.74) is 0.897. The molecule has 1 aromatic rings. The zero-order valence-electron chi connectivity index (χ0n) is 14.3. The smallest absolute Gasteiger partial charge is 0.223 e. The van der Waals surface area contributed by atoms with E-state index in [0.29, 0.717) is 0 Å². The first-order valence-corrected chi connectivity index (χ1v) is 8.86. The summed E-state index contributed by atoms with van der Waals surface area (Å²) in [6.07, 6.45) is 6.74. The number of rotatable bonds is 6. The third-order valence-corrected chi connectivity index (χ3v) is 5.43. The molecule has 1 saturated carbocycles. The summed E-state index contributed by atoms with van der Waals surface area (Å²) in [7, 11) is 1.78. The molecule has 3 rings (SSSR count). The van der Waals surface area contributed by atoms with Crippen LogP contribution < -0.4 is 9.64 Å². The van der Waals surface area contributed by atoms with Gasteiger partial charge >= 0.3 is 0 Å². The number of amides is 1. The number of benzene rings is 1. The molecule has 2 aliphatic rings. The molecule has 1 aliphatic heterocycles. The summed E-state index contributed by atoms with van der Waals surface area (Å²) in [6.45, 7) is 4.77. The summed E-state index contributed by atoms with van der Waals surface area (Å²) in [4.78, 5) is 15.6. The van der Waals surface area contributed by atoms with Gasteiger partial charge in [-0.15, -0.1) is 0 Å². The van der Waals surface area contributed by atoms with Crippen LogP contribution in [-0.4, -0.2) is 43.6 Å². The van der Waals surface area contributed by atoms with Gasteiger partial charge in [0, 0.05) is 32.2 Å². The number of hydrogen-bond acceptors (Lipinski definition) is 3. The number of likely N-dealkylation sites (tertiary alicyclic amines) is 1. The van der Waals surface area contributed by atoms with Crippen LogP contribution in [0.2, 0.25) is 0 Å². The van der Waals surface area contributed by atoms with E-state index < -0.39 is 0 Å². The molecule has 2 fully saturated rings. The van der Waals surface area contributed by atoms with Crippen molar-refractivity contribution < 1.29 is 9.53 Å². The molecule has 0 bridgehead atoms. The van der Waals surface area contributed by atoms with E-state index in [-0.39, 0.29) is 5.91 Å². The second-order valence-corrected chi connectivity index (χ2v) is 6.86. The van der Waals surface area contributed by atoms with Crippen LogP contribution >= 0.6 is 0 Å².